The van der Waals surface area contributed by atoms with Crippen LogP contribution in [-0.2, 0) is 0 Å². The number of hydrogen-bond acceptors (Lipinski definition) is 3. The summed E-state index contributed by atoms with van der Waals surface area (Å²) in [6, 6.07) is 18.8. The molecule has 0 spiro atoms. The molecule has 0 saturated heterocycles. The SMILES string of the molecule is CC(O)N(C(=N)N(c1ccccc1)c1ccccc1)C(C)O. The Kier molecular flexibility index (Phi) is 5.14. The number of rotatable bonds is 4. The standard InChI is InChI=1S/C17H21N3O2/c1-13(21)19(14(2)22)17(18)20(15-9-5-3-6-10-15)16-11-7-4-8-12-16/h3-14,18,21-22H,1-2H3. The Bertz CT molecular complexity index is 552. The third-order valence-corrected chi connectivity index (χ3v) is 3.29. The van der Waals surface area contributed by atoms with Gasteiger partial charge in [-0.05, 0) is 38.1 Å². The van der Waals surface area contributed by atoms with E-state index < -0.39 is 12.5 Å². The molecule has 0 aliphatic rings. The van der Waals surface area contributed by atoms with Gasteiger partial charge in [0.15, 0.2) is 0 Å². The van der Waals surface area contributed by atoms with Gasteiger partial charge >= 0.3 is 0 Å². The molecule has 2 rings (SSSR count). The summed E-state index contributed by atoms with van der Waals surface area (Å²) in [4.78, 5) is 2.92. The largest absolute Gasteiger partial charge is 0.374 e. The Morgan fingerprint density at radius 1 is 0.818 bits per heavy atom. The monoisotopic (exact) mass is 299 g/mol. The van der Waals surface area contributed by atoms with E-state index in [1.54, 1.807) is 4.90 Å². The maximum absolute atomic E-state index is 9.89. The van der Waals surface area contributed by atoms with Crippen LogP contribution in [0.4, 0.5) is 11.4 Å². The molecular formula is C17H21N3O2. The van der Waals surface area contributed by atoms with E-state index in [1.165, 1.54) is 18.7 Å². The van der Waals surface area contributed by atoms with Crippen molar-refractivity contribution < 1.29 is 10.2 Å². The number of anilines is 2. The number of hydrogen-bond donors (Lipinski definition) is 3. The van der Waals surface area contributed by atoms with Crippen LogP contribution in [0.5, 0.6) is 0 Å². The van der Waals surface area contributed by atoms with Gasteiger partial charge in [0, 0.05) is 11.4 Å². The normalized spacial score (nSPS) is 13.3. The van der Waals surface area contributed by atoms with Crippen LogP contribution in [0.25, 0.3) is 0 Å². The molecule has 2 aromatic carbocycles. The van der Waals surface area contributed by atoms with Gasteiger partial charge in [-0.2, -0.15) is 0 Å². The second-order valence-electron chi connectivity index (χ2n) is 5.00. The Balaban J connectivity index is 2.47. The van der Waals surface area contributed by atoms with Crippen molar-refractivity contribution in [3.05, 3.63) is 60.7 Å². The topological polar surface area (TPSA) is 70.8 Å². The van der Waals surface area contributed by atoms with Crippen molar-refractivity contribution in [2.45, 2.75) is 26.3 Å². The fraction of sp³-hybridized carbons (Fsp3) is 0.235. The van der Waals surface area contributed by atoms with Crippen LogP contribution in [-0.4, -0.2) is 33.5 Å². The second kappa shape index (κ2) is 7.06. The van der Waals surface area contributed by atoms with Gasteiger partial charge in [-0.3, -0.25) is 15.2 Å². The highest BCUT2D eigenvalue weighted by Gasteiger charge is 2.26. The van der Waals surface area contributed by atoms with Crippen LogP contribution >= 0.6 is 0 Å². The zero-order valence-electron chi connectivity index (χ0n) is 12.7. The second-order valence-corrected chi connectivity index (χ2v) is 5.00. The molecule has 0 aliphatic carbocycles. The van der Waals surface area contributed by atoms with Gasteiger partial charge in [-0.25, -0.2) is 0 Å². The van der Waals surface area contributed by atoms with E-state index in [1.807, 2.05) is 60.7 Å². The maximum atomic E-state index is 9.89. The predicted octanol–water partition coefficient (Wildman–Crippen LogP) is 2.74. The minimum Gasteiger partial charge on any atom is -0.374 e. The van der Waals surface area contributed by atoms with Crippen LogP contribution in [0.1, 0.15) is 13.8 Å². The summed E-state index contributed by atoms with van der Waals surface area (Å²) in [5, 5.41) is 28.3. The van der Waals surface area contributed by atoms with E-state index in [4.69, 9.17) is 5.41 Å². The van der Waals surface area contributed by atoms with Crippen LogP contribution in [0, 0.1) is 5.41 Å². The van der Waals surface area contributed by atoms with Crippen molar-refractivity contribution >= 4 is 17.3 Å². The lowest BCUT2D eigenvalue weighted by molar-refractivity contribution is -0.0364. The molecule has 5 heteroatoms. The summed E-state index contributed by atoms with van der Waals surface area (Å²) in [7, 11) is 0. The Morgan fingerprint density at radius 3 is 1.50 bits per heavy atom. The lowest BCUT2D eigenvalue weighted by Gasteiger charge is -2.36. The summed E-state index contributed by atoms with van der Waals surface area (Å²) in [5.41, 5.74) is 1.56. The van der Waals surface area contributed by atoms with Gasteiger partial charge in [-0.15, -0.1) is 0 Å². The lowest BCUT2D eigenvalue weighted by atomic mass is 10.2. The van der Waals surface area contributed by atoms with Crippen molar-refractivity contribution in [3.8, 4) is 0 Å². The number of benzene rings is 2. The van der Waals surface area contributed by atoms with Crippen molar-refractivity contribution in [1.82, 2.24) is 4.90 Å². The summed E-state index contributed by atoms with van der Waals surface area (Å²) < 4.78 is 0. The minimum atomic E-state index is -0.984. The summed E-state index contributed by atoms with van der Waals surface area (Å²) >= 11 is 0. The highest BCUT2D eigenvalue weighted by molar-refractivity contribution is 6.01. The molecule has 0 aromatic heterocycles. The molecule has 2 atom stereocenters. The molecule has 116 valence electrons. The fourth-order valence-corrected chi connectivity index (χ4v) is 2.33. The van der Waals surface area contributed by atoms with Crippen LogP contribution in [0.2, 0.25) is 0 Å². The van der Waals surface area contributed by atoms with Gasteiger partial charge in [0.2, 0.25) is 5.96 Å². The summed E-state index contributed by atoms with van der Waals surface area (Å²) in [5.74, 6) is 0.00222. The van der Waals surface area contributed by atoms with Gasteiger partial charge in [-0.1, -0.05) is 36.4 Å². The first-order valence-corrected chi connectivity index (χ1v) is 7.15. The molecule has 0 fully saturated rings. The first-order chi connectivity index (χ1) is 10.5. The zero-order chi connectivity index (χ0) is 16.1. The van der Waals surface area contributed by atoms with E-state index in [2.05, 4.69) is 0 Å². The molecule has 0 radical (unpaired) electrons. The molecule has 0 saturated carbocycles. The summed E-state index contributed by atoms with van der Waals surface area (Å²) in [6.07, 6.45) is -1.97. The number of nitrogens with one attached hydrogen (secondary N) is 1. The number of nitrogens with zero attached hydrogens (tertiary/aromatic N) is 2. The molecule has 22 heavy (non-hydrogen) atoms. The number of aliphatic hydroxyl groups excluding tert-OH is 2. The molecule has 0 amide bonds. The Morgan fingerprint density at radius 2 is 1.18 bits per heavy atom. The van der Waals surface area contributed by atoms with Gasteiger partial charge < -0.3 is 10.2 Å². The lowest BCUT2D eigenvalue weighted by Crippen LogP contribution is -2.50. The van der Waals surface area contributed by atoms with E-state index in [0.717, 1.165) is 11.4 Å². The first-order valence-electron chi connectivity index (χ1n) is 7.15. The highest BCUT2D eigenvalue weighted by atomic mass is 16.3. The molecule has 2 aromatic rings. The van der Waals surface area contributed by atoms with Crippen LogP contribution in [0.3, 0.4) is 0 Å². The van der Waals surface area contributed by atoms with E-state index >= 15 is 0 Å². The van der Waals surface area contributed by atoms with E-state index in [-0.39, 0.29) is 5.96 Å². The van der Waals surface area contributed by atoms with Gasteiger partial charge in [0.25, 0.3) is 0 Å². The van der Waals surface area contributed by atoms with Crippen molar-refractivity contribution in [2.24, 2.45) is 0 Å². The molecule has 0 bridgehead atoms. The molecule has 5 nitrogen and oxygen atoms in total. The Hall–Kier alpha value is -2.37. The molecular weight excluding hydrogens is 278 g/mol. The van der Waals surface area contributed by atoms with Crippen molar-refractivity contribution in [3.63, 3.8) is 0 Å². The smallest absolute Gasteiger partial charge is 0.207 e. The van der Waals surface area contributed by atoms with E-state index in [9.17, 15) is 10.2 Å². The molecule has 2 unspecified atom stereocenters. The van der Waals surface area contributed by atoms with Gasteiger partial charge in [0.1, 0.15) is 12.5 Å². The van der Waals surface area contributed by atoms with Gasteiger partial charge in [0.05, 0.1) is 0 Å². The molecule has 0 heterocycles. The highest BCUT2D eigenvalue weighted by Crippen LogP contribution is 2.26. The first kappa shape index (κ1) is 16.0. The van der Waals surface area contributed by atoms with Crippen LogP contribution in [0.15, 0.2) is 60.7 Å². The average Bonchev–Trinajstić information content (AvgIpc) is 2.49. The maximum Gasteiger partial charge on any atom is 0.207 e. The minimum absolute atomic E-state index is 0.00222. The summed E-state index contributed by atoms with van der Waals surface area (Å²) in [6.45, 7) is 3.05. The molecule has 3 N–H and O–H groups in total. The van der Waals surface area contributed by atoms with Crippen molar-refractivity contribution in [2.75, 3.05) is 4.90 Å². The predicted molar refractivity (Wildman–Crippen MR) is 88.0 cm³/mol. The number of guanidine groups is 1. The van der Waals surface area contributed by atoms with Crippen molar-refractivity contribution in [1.29, 1.82) is 5.41 Å². The van der Waals surface area contributed by atoms with E-state index in [0.29, 0.717) is 0 Å². The third kappa shape index (κ3) is 3.44. The molecule has 0 aliphatic heterocycles. The fourth-order valence-electron chi connectivity index (χ4n) is 2.33. The Labute approximate surface area is 130 Å². The zero-order valence-corrected chi connectivity index (χ0v) is 12.7. The van der Waals surface area contributed by atoms with Crippen LogP contribution < -0.4 is 4.90 Å². The number of aliphatic hydroxyl groups is 2. The number of para-hydroxylation sites is 2. The quantitative estimate of drug-likeness (QED) is 0.461. The average molecular weight is 299 g/mol. The third-order valence-electron chi connectivity index (χ3n) is 3.29.